The zero-order valence-electron chi connectivity index (χ0n) is 17.9. The van der Waals surface area contributed by atoms with Crippen LogP contribution in [0.1, 0.15) is 29.6 Å². The van der Waals surface area contributed by atoms with Crippen LogP contribution in [0.25, 0.3) is 20.8 Å². The number of carbonyl (C=O) groups excluding carboxylic acids is 1. The van der Waals surface area contributed by atoms with Crippen molar-refractivity contribution in [2.75, 3.05) is 23.3 Å². The van der Waals surface area contributed by atoms with E-state index in [0.29, 0.717) is 11.4 Å². The Morgan fingerprint density at radius 2 is 1.76 bits per heavy atom. The van der Waals surface area contributed by atoms with Gasteiger partial charge in [0.15, 0.2) is 0 Å². The molecule has 7 nitrogen and oxygen atoms in total. The lowest BCUT2D eigenvalue weighted by Crippen LogP contribution is -2.30. The Bertz CT molecular complexity index is 1290. The first-order valence-corrected chi connectivity index (χ1v) is 11.7. The molecule has 1 N–H and O–H groups in total. The van der Waals surface area contributed by atoms with Crippen LogP contribution in [0.4, 0.5) is 17.1 Å². The van der Waals surface area contributed by atoms with Gasteiger partial charge in [-0.15, -0.1) is 11.3 Å². The number of nitro benzene ring substituents is 1. The number of nitro groups is 1. The number of hydrogen-bond donors (Lipinski definition) is 1. The van der Waals surface area contributed by atoms with Crippen molar-refractivity contribution in [2.45, 2.75) is 19.3 Å². The van der Waals surface area contributed by atoms with Gasteiger partial charge in [0.1, 0.15) is 10.7 Å². The fourth-order valence-electron chi connectivity index (χ4n) is 4.11. The van der Waals surface area contributed by atoms with Gasteiger partial charge >= 0.3 is 0 Å². The number of hydrogen-bond acceptors (Lipinski definition) is 6. The number of para-hydroxylation sites is 1. The third-order valence-corrected chi connectivity index (χ3v) is 6.90. The van der Waals surface area contributed by atoms with Crippen molar-refractivity contribution >= 4 is 44.5 Å². The van der Waals surface area contributed by atoms with E-state index in [1.807, 2.05) is 53.4 Å². The Morgan fingerprint density at radius 1 is 1.00 bits per heavy atom. The highest BCUT2D eigenvalue weighted by Gasteiger charge is 2.23. The molecule has 1 amide bonds. The van der Waals surface area contributed by atoms with Crippen LogP contribution in [-0.4, -0.2) is 28.9 Å². The molecule has 166 valence electrons. The lowest BCUT2D eigenvalue weighted by Gasteiger charge is -2.28. The number of rotatable bonds is 5. The van der Waals surface area contributed by atoms with Gasteiger partial charge in [-0.25, -0.2) is 4.98 Å². The summed E-state index contributed by atoms with van der Waals surface area (Å²) in [6.45, 7) is 1.60. The highest BCUT2D eigenvalue weighted by molar-refractivity contribution is 7.21. The number of fused-ring (bicyclic) bond motifs is 1. The lowest BCUT2D eigenvalue weighted by atomic mass is 10.1. The first-order valence-electron chi connectivity index (χ1n) is 10.9. The van der Waals surface area contributed by atoms with Gasteiger partial charge in [0, 0.05) is 36.0 Å². The van der Waals surface area contributed by atoms with Crippen LogP contribution in [0.15, 0.2) is 66.7 Å². The second kappa shape index (κ2) is 8.99. The molecule has 0 unspecified atom stereocenters. The zero-order valence-corrected chi connectivity index (χ0v) is 18.7. The summed E-state index contributed by atoms with van der Waals surface area (Å²) in [5.41, 5.74) is 3.36. The third kappa shape index (κ3) is 4.42. The molecule has 0 atom stereocenters. The second-order valence-corrected chi connectivity index (χ2v) is 9.06. The third-order valence-electron chi connectivity index (χ3n) is 5.81. The van der Waals surface area contributed by atoms with Crippen LogP contribution in [0.5, 0.6) is 0 Å². The summed E-state index contributed by atoms with van der Waals surface area (Å²) in [6, 6.07) is 20.2. The second-order valence-electron chi connectivity index (χ2n) is 8.03. The minimum Gasteiger partial charge on any atom is -0.366 e. The molecule has 2 heterocycles. The first-order chi connectivity index (χ1) is 16.1. The number of carbonyl (C=O) groups is 1. The Kier molecular flexibility index (Phi) is 5.75. The van der Waals surface area contributed by atoms with E-state index in [9.17, 15) is 14.9 Å². The molecule has 3 aromatic carbocycles. The molecule has 1 aliphatic rings. The number of anilines is 2. The van der Waals surface area contributed by atoms with E-state index in [1.165, 1.54) is 6.07 Å². The van der Waals surface area contributed by atoms with Gasteiger partial charge < -0.3 is 10.2 Å². The van der Waals surface area contributed by atoms with Gasteiger partial charge in [-0.2, -0.15) is 0 Å². The number of piperidine rings is 1. The van der Waals surface area contributed by atoms with E-state index in [1.54, 1.807) is 23.5 Å². The van der Waals surface area contributed by atoms with E-state index >= 15 is 0 Å². The molecular weight excluding hydrogens is 436 g/mol. The van der Waals surface area contributed by atoms with Crippen LogP contribution < -0.4 is 10.2 Å². The summed E-state index contributed by atoms with van der Waals surface area (Å²) >= 11 is 1.62. The standard InChI is InChI=1S/C25H22N4O3S/c30-24(18-10-13-21(22(16-18)29(31)32)28-14-4-1-5-15-28)26-19-11-8-17(9-12-19)25-27-20-6-2-3-7-23(20)33-25/h2-3,6-13,16H,1,4-5,14-15H2,(H,26,30). The van der Waals surface area contributed by atoms with Gasteiger partial charge in [-0.3, -0.25) is 14.9 Å². The summed E-state index contributed by atoms with van der Waals surface area (Å²) in [5, 5.41) is 15.4. The molecule has 8 heteroatoms. The van der Waals surface area contributed by atoms with Gasteiger partial charge in [0.05, 0.1) is 15.1 Å². The van der Waals surface area contributed by atoms with Gasteiger partial charge in [-0.05, 0) is 67.8 Å². The maximum Gasteiger partial charge on any atom is 0.293 e. The topological polar surface area (TPSA) is 88.4 Å². The number of nitrogens with zero attached hydrogens (tertiary/aromatic N) is 3. The largest absolute Gasteiger partial charge is 0.366 e. The van der Waals surface area contributed by atoms with Gasteiger partial charge in [0.2, 0.25) is 0 Å². The molecule has 0 bridgehead atoms. The molecule has 0 spiro atoms. The fourth-order valence-corrected chi connectivity index (χ4v) is 5.08. The van der Waals surface area contributed by atoms with Crippen molar-refractivity contribution in [1.82, 2.24) is 4.98 Å². The summed E-state index contributed by atoms with van der Waals surface area (Å²) in [5.74, 6) is -0.379. The molecule has 0 aliphatic carbocycles. The zero-order chi connectivity index (χ0) is 22.8. The number of aromatic nitrogens is 1. The number of amides is 1. The van der Waals surface area contributed by atoms with E-state index in [4.69, 9.17) is 0 Å². The normalized spacial score (nSPS) is 13.8. The van der Waals surface area contributed by atoms with Crippen molar-refractivity contribution in [2.24, 2.45) is 0 Å². The Labute approximate surface area is 194 Å². The highest BCUT2D eigenvalue weighted by Crippen LogP contribution is 2.32. The van der Waals surface area contributed by atoms with E-state index in [-0.39, 0.29) is 17.2 Å². The Balaban J connectivity index is 1.33. The van der Waals surface area contributed by atoms with Gasteiger partial charge in [0.25, 0.3) is 11.6 Å². The monoisotopic (exact) mass is 458 g/mol. The summed E-state index contributed by atoms with van der Waals surface area (Å²) in [4.78, 5) is 30.7. The van der Waals surface area contributed by atoms with Crippen molar-refractivity contribution in [3.63, 3.8) is 0 Å². The predicted molar refractivity (Wildman–Crippen MR) is 132 cm³/mol. The molecule has 5 rings (SSSR count). The molecule has 1 saturated heterocycles. The maximum absolute atomic E-state index is 12.8. The molecular formula is C25H22N4O3S. The summed E-state index contributed by atoms with van der Waals surface area (Å²) in [6.07, 6.45) is 3.18. The van der Waals surface area contributed by atoms with Crippen molar-refractivity contribution in [1.29, 1.82) is 0 Å². The van der Waals surface area contributed by atoms with Crippen molar-refractivity contribution in [3.05, 3.63) is 82.4 Å². The van der Waals surface area contributed by atoms with Crippen LogP contribution in [0.3, 0.4) is 0 Å². The van der Waals surface area contributed by atoms with E-state index in [2.05, 4.69) is 10.3 Å². The van der Waals surface area contributed by atoms with Gasteiger partial charge in [-0.1, -0.05) is 12.1 Å². The van der Waals surface area contributed by atoms with Crippen LogP contribution >= 0.6 is 11.3 Å². The minimum absolute atomic E-state index is 0.0317. The SMILES string of the molecule is O=C(Nc1ccc(-c2nc3ccccc3s2)cc1)c1ccc(N2CCCCC2)c([N+](=O)[O-])c1. The quantitative estimate of drug-likeness (QED) is 0.288. The molecule has 4 aromatic rings. The fraction of sp³-hybridized carbons (Fsp3) is 0.200. The van der Waals surface area contributed by atoms with Crippen molar-refractivity contribution < 1.29 is 9.72 Å². The molecule has 0 radical (unpaired) electrons. The van der Waals surface area contributed by atoms with Crippen LogP contribution in [-0.2, 0) is 0 Å². The average Bonchev–Trinajstić information content (AvgIpc) is 3.29. The van der Waals surface area contributed by atoms with Crippen molar-refractivity contribution in [3.8, 4) is 10.6 Å². The molecule has 1 fully saturated rings. The maximum atomic E-state index is 12.8. The Hall–Kier alpha value is -3.78. The number of benzene rings is 3. The smallest absolute Gasteiger partial charge is 0.293 e. The predicted octanol–water partition coefficient (Wildman–Crippen LogP) is 6.11. The average molecular weight is 459 g/mol. The van der Waals surface area contributed by atoms with E-state index in [0.717, 1.165) is 53.1 Å². The molecule has 1 aromatic heterocycles. The lowest BCUT2D eigenvalue weighted by molar-refractivity contribution is -0.384. The Morgan fingerprint density at radius 3 is 2.48 bits per heavy atom. The number of thiazole rings is 1. The number of nitrogens with one attached hydrogen (secondary N) is 1. The van der Waals surface area contributed by atoms with Crippen LogP contribution in [0, 0.1) is 10.1 Å². The molecule has 0 saturated carbocycles. The summed E-state index contributed by atoms with van der Waals surface area (Å²) in [7, 11) is 0. The molecule has 1 aliphatic heterocycles. The minimum atomic E-state index is -0.409. The van der Waals surface area contributed by atoms with Crippen LogP contribution in [0.2, 0.25) is 0 Å². The summed E-state index contributed by atoms with van der Waals surface area (Å²) < 4.78 is 1.12. The molecule has 33 heavy (non-hydrogen) atoms. The first kappa shape index (κ1) is 21.1. The van der Waals surface area contributed by atoms with E-state index < -0.39 is 4.92 Å². The highest BCUT2D eigenvalue weighted by atomic mass is 32.1.